The lowest BCUT2D eigenvalue weighted by Gasteiger charge is -1.93. The van der Waals surface area contributed by atoms with Gasteiger partial charge in [0.1, 0.15) is 0 Å². The lowest BCUT2D eigenvalue weighted by atomic mass is 10.3. The molecule has 0 fully saturated rings. The molecule has 0 aliphatic carbocycles. The van der Waals surface area contributed by atoms with E-state index in [4.69, 9.17) is 16.7 Å². The zero-order valence-corrected chi connectivity index (χ0v) is 6.62. The van der Waals surface area contributed by atoms with E-state index >= 15 is 0 Å². The summed E-state index contributed by atoms with van der Waals surface area (Å²) in [6, 6.07) is 3.52. The van der Waals surface area contributed by atoms with Gasteiger partial charge in [0.15, 0.2) is 0 Å². The van der Waals surface area contributed by atoms with E-state index in [1.807, 2.05) is 0 Å². The van der Waals surface area contributed by atoms with E-state index in [0.29, 0.717) is 10.7 Å². The number of aliphatic hydroxyl groups is 1. The van der Waals surface area contributed by atoms with Crippen LogP contribution in [0.25, 0.3) is 6.08 Å². The molecule has 3 heteroatoms. The normalized spacial score (nSPS) is 10.7. The number of aromatic nitrogens is 1. The summed E-state index contributed by atoms with van der Waals surface area (Å²) in [7, 11) is 0. The van der Waals surface area contributed by atoms with Crippen molar-refractivity contribution < 1.29 is 5.11 Å². The summed E-state index contributed by atoms with van der Waals surface area (Å²) in [6.07, 6.45) is 4.93. The Morgan fingerprint density at radius 2 is 2.45 bits per heavy atom. The average molecular weight is 170 g/mol. The van der Waals surface area contributed by atoms with Gasteiger partial charge in [-0.15, -0.1) is 0 Å². The summed E-state index contributed by atoms with van der Waals surface area (Å²) in [5, 5.41) is 9.06. The first-order chi connectivity index (χ1) is 5.34. The maximum Gasteiger partial charge on any atom is 0.0813 e. The number of hydrogen-bond acceptors (Lipinski definition) is 2. The molecular formula is C8H8ClNO. The zero-order chi connectivity index (χ0) is 8.10. The Morgan fingerprint density at radius 1 is 1.64 bits per heavy atom. The number of hydrogen-bond donors (Lipinski definition) is 1. The van der Waals surface area contributed by atoms with Crippen LogP contribution >= 0.6 is 11.6 Å². The van der Waals surface area contributed by atoms with Gasteiger partial charge in [0.2, 0.25) is 0 Å². The van der Waals surface area contributed by atoms with Gasteiger partial charge in [0, 0.05) is 6.20 Å². The summed E-state index contributed by atoms with van der Waals surface area (Å²) >= 11 is 5.76. The zero-order valence-electron chi connectivity index (χ0n) is 5.87. The molecule has 0 aromatic carbocycles. The van der Waals surface area contributed by atoms with Crippen molar-refractivity contribution in [2.45, 2.75) is 0 Å². The molecule has 2 nitrogen and oxygen atoms in total. The lowest BCUT2D eigenvalue weighted by molar-refractivity contribution is 0.343. The Labute approximate surface area is 70.2 Å². The Hall–Kier alpha value is -0.860. The summed E-state index contributed by atoms with van der Waals surface area (Å²) in [5.41, 5.74) is 0.684. The minimum Gasteiger partial charge on any atom is -0.392 e. The quantitative estimate of drug-likeness (QED) is 0.732. The molecule has 11 heavy (non-hydrogen) atoms. The molecule has 1 aromatic rings. The van der Waals surface area contributed by atoms with Crippen molar-refractivity contribution in [2.75, 3.05) is 6.61 Å². The van der Waals surface area contributed by atoms with Crippen molar-refractivity contribution >= 4 is 17.7 Å². The number of nitrogens with zero attached hydrogens (tertiary/aromatic N) is 1. The van der Waals surface area contributed by atoms with Crippen LogP contribution in [-0.2, 0) is 0 Å². The standard InChI is InChI=1S/C8H8ClNO/c9-7-3-1-5-10-8(7)4-2-6-11/h1-5,11H,6H2. The SMILES string of the molecule is OCC=Cc1ncccc1Cl. The van der Waals surface area contributed by atoms with E-state index in [-0.39, 0.29) is 6.61 Å². The summed E-state index contributed by atoms with van der Waals surface area (Å²) in [6.45, 7) is 0.00685. The Morgan fingerprint density at radius 3 is 3.09 bits per heavy atom. The maximum absolute atomic E-state index is 8.46. The fraction of sp³-hybridized carbons (Fsp3) is 0.125. The van der Waals surface area contributed by atoms with E-state index in [9.17, 15) is 0 Å². The second-order valence-corrected chi connectivity index (χ2v) is 2.36. The number of aliphatic hydroxyl groups excluding tert-OH is 1. The van der Waals surface area contributed by atoms with Crippen LogP contribution in [0.1, 0.15) is 5.69 Å². The van der Waals surface area contributed by atoms with Crippen LogP contribution in [0.5, 0.6) is 0 Å². The second-order valence-electron chi connectivity index (χ2n) is 1.96. The maximum atomic E-state index is 8.46. The molecule has 0 aliphatic rings. The molecular weight excluding hydrogens is 162 g/mol. The fourth-order valence-corrected chi connectivity index (χ4v) is 0.869. The molecule has 58 valence electrons. The van der Waals surface area contributed by atoms with Crippen molar-refractivity contribution in [1.82, 2.24) is 4.98 Å². The molecule has 0 bridgehead atoms. The molecule has 0 saturated carbocycles. The Balaban J connectivity index is 2.86. The van der Waals surface area contributed by atoms with Gasteiger partial charge in [-0.1, -0.05) is 17.7 Å². The largest absolute Gasteiger partial charge is 0.392 e. The lowest BCUT2D eigenvalue weighted by Crippen LogP contribution is -1.80. The van der Waals surface area contributed by atoms with Crippen molar-refractivity contribution in [3.8, 4) is 0 Å². The van der Waals surface area contributed by atoms with Crippen LogP contribution in [0.3, 0.4) is 0 Å². The minimum atomic E-state index is 0.00685. The van der Waals surface area contributed by atoms with E-state index < -0.39 is 0 Å². The molecule has 0 spiro atoms. The van der Waals surface area contributed by atoms with Crippen molar-refractivity contribution in [3.05, 3.63) is 35.1 Å². The van der Waals surface area contributed by atoms with E-state index in [1.54, 1.807) is 30.5 Å². The highest BCUT2D eigenvalue weighted by atomic mass is 35.5. The van der Waals surface area contributed by atoms with Gasteiger partial charge < -0.3 is 5.11 Å². The van der Waals surface area contributed by atoms with Gasteiger partial charge >= 0.3 is 0 Å². The molecule has 1 N–H and O–H groups in total. The average Bonchev–Trinajstić information content (AvgIpc) is 2.03. The van der Waals surface area contributed by atoms with E-state index in [0.717, 1.165) is 0 Å². The molecule has 1 rings (SSSR count). The molecule has 1 aromatic heterocycles. The second kappa shape index (κ2) is 4.11. The van der Waals surface area contributed by atoms with Gasteiger partial charge in [-0.05, 0) is 18.2 Å². The van der Waals surface area contributed by atoms with Crippen LogP contribution in [0.4, 0.5) is 0 Å². The third kappa shape index (κ3) is 2.33. The molecule has 0 unspecified atom stereocenters. The van der Waals surface area contributed by atoms with Gasteiger partial charge in [-0.25, -0.2) is 0 Å². The number of pyridine rings is 1. The van der Waals surface area contributed by atoms with Gasteiger partial charge in [0.25, 0.3) is 0 Å². The molecule has 1 heterocycles. The number of halogens is 1. The molecule has 0 atom stereocenters. The molecule has 0 saturated heterocycles. The first kappa shape index (κ1) is 8.24. The van der Waals surface area contributed by atoms with Crippen LogP contribution in [0, 0.1) is 0 Å². The fourth-order valence-electron chi connectivity index (χ4n) is 0.685. The summed E-state index contributed by atoms with van der Waals surface area (Å²) in [4.78, 5) is 3.99. The van der Waals surface area contributed by atoms with Crippen LogP contribution in [0.15, 0.2) is 24.4 Å². The predicted octanol–water partition coefficient (Wildman–Crippen LogP) is 1.74. The minimum absolute atomic E-state index is 0.00685. The first-order valence-corrected chi connectivity index (χ1v) is 3.60. The highest BCUT2D eigenvalue weighted by Crippen LogP contribution is 2.12. The third-order valence-corrected chi connectivity index (χ3v) is 1.49. The van der Waals surface area contributed by atoms with Crippen LogP contribution in [-0.4, -0.2) is 16.7 Å². The predicted molar refractivity (Wildman–Crippen MR) is 45.4 cm³/mol. The molecule has 0 aliphatic heterocycles. The van der Waals surface area contributed by atoms with Crippen molar-refractivity contribution in [2.24, 2.45) is 0 Å². The Kier molecular flexibility index (Phi) is 3.08. The van der Waals surface area contributed by atoms with Crippen LogP contribution < -0.4 is 0 Å². The van der Waals surface area contributed by atoms with E-state index in [2.05, 4.69) is 4.98 Å². The van der Waals surface area contributed by atoms with Gasteiger partial charge in [0.05, 0.1) is 17.3 Å². The Bertz CT molecular complexity index is 260. The van der Waals surface area contributed by atoms with Crippen LogP contribution in [0.2, 0.25) is 5.02 Å². The monoisotopic (exact) mass is 169 g/mol. The van der Waals surface area contributed by atoms with Gasteiger partial charge in [-0.3, -0.25) is 4.98 Å². The smallest absolute Gasteiger partial charge is 0.0813 e. The van der Waals surface area contributed by atoms with Crippen molar-refractivity contribution in [1.29, 1.82) is 0 Å². The molecule has 0 radical (unpaired) electrons. The summed E-state index contributed by atoms with van der Waals surface area (Å²) < 4.78 is 0. The first-order valence-electron chi connectivity index (χ1n) is 3.22. The third-order valence-electron chi connectivity index (χ3n) is 1.17. The topological polar surface area (TPSA) is 33.1 Å². The highest BCUT2D eigenvalue weighted by Gasteiger charge is 1.92. The molecule has 0 amide bonds. The van der Waals surface area contributed by atoms with Gasteiger partial charge in [-0.2, -0.15) is 0 Å². The van der Waals surface area contributed by atoms with E-state index in [1.165, 1.54) is 0 Å². The number of rotatable bonds is 2. The van der Waals surface area contributed by atoms with Crippen molar-refractivity contribution in [3.63, 3.8) is 0 Å². The highest BCUT2D eigenvalue weighted by molar-refractivity contribution is 6.31. The summed E-state index contributed by atoms with van der Waals surface area (Å²) in [5.74, 6) is 0.